The summed E-state index contributed by atoms with van der Waals surface area (Å²) in [6, 6.07) is 12.2. The number of nitrogens with zero attached hydrogens (tertiary/aromatic N) is 4. The molecule has 7 nitrogen and oxygen atoms in total. The first-order valence-corrected chi connectivity index (χ1v) is 13.2. The molecule has 2 N–H and O–H groups in total. The number of fused-ring (bicyclic) bond motifs is 1. The first-order valence-electron chi connectivity index (χ1n) is 13.2. The Kier molecular flexibility index (Phi) is 5.75. The molecule has 1 spiro atoms. The number of hydrogen-bond acceptors (Lipinski definition) is 6. The molecule has 1 aliphatic heterocycles. The summed E-state index contributed by atoms with van der Waals surface area (Å²) in [5, 5.41) is 13.6. The monoisotopic (exact) mass is 495 g/mol. The number of nitrogens with one attached hydrogen (secondary N) is 1. The Balaban J connectivity index is 1.33. The van der Waals surface area contributed by atoms with Gasteiger partial charge in [0, 0.05) is 29.4 Å². The summed E-state index contributed by atoms with van der Waals surface area (Å²) in [7, 11) is 0. The molecule has 0 radical (unpaired) electrons. The number of anilines is 3. The second kappa shape index (κ2) is 8.99. The van der Waals surface area contributed by atoms with Gasteiger partial charge in [-0.2, -0.15) is 0 Å². The molecule has 37 heavy (non-hydrogen) atoms. The third-order valence-electron chi connectivity index (χ3n) is 8.02. The van der Waals surface area contributed by atoms with Crippen LogP contribution in [0.25, 0.3) is 16.9 Å². The Morgan fingerprint density at radius 2 is 1.97 bits per heavy atom. The third-order valence-corrected chi connectivity index (χ3v) is 8.02. The van der Waals surface area contributed by atoms with Gasteiger partial charge in [0.05, 0.1) is 35.6 Å². The number of piperidine rings is 1. The van der Waals surface area contributed by atoms with Gasteiger partial charge in [0.25, 0.3) is 0 Å². The number of hydrogen-bond donors (Lipinski definition) is 2. The lowest BCUT2D eigenvalue weighted by molar-refractivity contribution is 0.101. The predicted molar refractivity (Wildman–Crippen MR) is 147 cm³/mol. The first-order chi connectivity index (χ1) is 17.9. The van der Waals surface area contributed by atoms with Gasteiger partial charge in [-0.05, 0) is 87.4 Å². The number of β-amino-alcohol motifs (C(OH)–C–C–N with tert-alkyl or cyclic N) is 1. The second-order valence-electron chi connectivity index (χ2n) is 10.6. The standard InChI is InChI=1S/C30H33N5O2/c1-4-23-24(26-17-32-28-15-19(2)10-14-34(26)28)6-7-25(29(23)20(3)36)33-27-8-5-21(16-31-27)35-18-22(37)9-11-30(35)12-13-30/h5-8,10,14-17,22,37H,4,9,11-13,18H2,1-3H3,(H,31,33). The van der Waals surface area contributed by atoms with Crippen LogP contribution in [0.2, 0.25) is 0 Å². The van der Waals surface area contributed by atoms with Crippen molar-refractivity contribution in [3.8, 4) is 11.3 Å². The lowest BCUT2D eigenvalue weighted by Crippen LogP contribution is -2.47. The minimum atomic E-state index is -0.287. The summed E-state index contributed by atoms with van der Waals surface area (Å²) in [5.74, 6) is 0.703. The fourth-order valence-electron chi connectivity index (χ4n) is 5.91. The van der Waals surface area contributed by atoms with Crippen molar-refractivity contribution in [1.82, 2.24) is 14.4 Å². The van der Waals surface area contributed by atoms with Crippen molar-refractivity contribution in [2.24, 2.45) is 0 Å². The molecule has 2 fully saturated rings. The summed E-state index contributed by atoms with van der Waals surface area (Å²) < 4.78 is 2.07. The minimum absolute atomic E-state index is 0.0143. The zero-order chi connectivity index (χ0) is 25.7. The van der Waals surface area contributed by atoms with E-state index in [-0.39, 0.29) is 17.4 Å². The van der Waals surface area contributed by atoms with Crippen LogP contribution in [0.15, 0.2) is 55.0 Å². The van der Waals surface area contributed by atoms with Crippen molar-refractivity contribution >= 4 is 28.6 Å². The molecule has 1 saturated carbocycles. The summed E-state index contributed by atoms with van der Waals surface area (Å²) in [6.45, 7) is 6.42. The molecule has 1 aromatic carbocycles. The molecule has 6 rings (SSSR count). The average molecular weight is 496 g/mol. The van der Waals surface area contributed by atoms with E-state index in [1.54, 1.807) is 6.92 Å². The number of rotatable bonds is 6. The number of carbonyl (C=O) groups is 1. The van der Waals surface area contributed by atoms with Gasteiger partial charge >= 0.3 is 0 Å². The molecule has 4 aromatic rings. The maximum atomic E-state index is 12.9. The van der Waals surface area contributed by atoms with Crippen LogP contribution in [-0.4, -0.2) is 43.4 Å². The fourth-order valence-corrected chi connectivity index (χ4v) is 5.91. The predicted octanol–water partition coefficient (Wildman–Crippen LogP) is 5.71. The minimum Gasteiger partial charge on any atom is -0.391 e. The number of Topliss-reactive ketones (excluding diaryl/α,β-unsaturated/α-hetero) is 1. The molecular weight excluding hydrogens is 462 g/mol. The van der Waals surface area contributed by atoms with Crippen LogP contribution >= 0.6 is 0 Å². The maximum absolute atomic E-state index is 12.9. The summed E-state index contributed by atoms with van der Waals surface area (Å²) in [6.07, 6.45) is 10.5. The lowest BCUT2D eigenvalue weighted by atomic mass is 9.93. The molecule has 2 aliphatic rings. The average Bonchev–Trinajstić information content (AvgIpc) is 3.55. The molecule has 0 bridgehead atoms. The van der Waals surface area contributed by atoms with Gasteiger partial charge in [-0.25, -0.2) is 9.97 Å². The summed E-state index contributed by atoms with van der Waals surface area (Å²) in [4.78, 5) is 24.5. The molecular formula is C30H33N5O2. The van der Waals surface area contributed by atoms with Crippen LogP contribution in [-0.2, 0) is 6.42 Å². The number of carbonyl (C=O) groups excluding carboxylic acids is 1. The van der Waals surface area contributed by atoms with E-state index in [1.807, 2.05) is 30.7 Å². The molecule has 1 unspecified atom stereocenters. The fraction of sp³-hybridized carbons (Fsp3) is 0.367. The molecule has 0 amide bonds. The number of benzene rings is 1. The topological polar surface area (TPSA) is 82.8 Å². The number of aliphatic hydroxyl groups is 1. The van der Waals surface area contributed by atoms with Crippen LogP contribution in [0.5, 0.6) is 0 Å². The molecule has 1 saturated heterocycles. The molecule has 7 heteroatoms. The molecule has 1 atom stereocenters. The molecule has 1 aliphatic carbocycles. The highest BCUT2D eigenvalue weighted by Gasteiger charge is 2.50. The van der Waals surface area contributed by atoms with E-state index in [9.17, 15) is 9.90 Å². The van der Waals surface area contributed by atoms with Gasteiger partial charge in [-0.15, -0.1) is 0 Å². The van der Waals surface area contributed by atoms with E-state index >= 15 is 0 Å². The summed E-state index contributed by atoms with van der Waals surface area (Å²) >= 11 is 0. The van der Waals surface area contributed by atoms with Gasteiger partial charge < -0.3 is 15.3 Å². The zero-order valence-electron chi connectivity index (χ0n) is 21.7. The number of aliphatic hydroxyl groups excluding tert-OH is 1. The Hall–Kier alpha value is -3.71. The summed E-state index contributed by atoms with van der Waals surface area (Å²) in [5.41, 5.74) is 7.72. The smallest absolute Gasteiger partial charge is 0.162 e. The number of aromatic nitrogens is 3. The van der Waals surface area contributed by atoms with Gasteiger partial charge in [0.15, 0.2) is 5.78 Å². The largest absolute Gasteiger partial charge is 0.391 e. The number of pyridine rings is 2. The number of aryl methyl sites for hydroxylation is 1. The van der Waals surface area contributed by atoms with Crippen molar-refractivity contribution in [3.63, 3.8) is 0 Å². The van der Waals surface area contributed by atoms with Gasteiger partial charge in [-0.1, -0.05) is 13.0 Å². The Bertz CT molecular complexity index is 1490. The van der Waals surface area contributed by atoms with Crippen LogP contribution in [0.3, 0.4) is 0 Å². The van der Waals surface area contributed by atoms with Crippen LogP contribution in [0.1, 0.15) is 61.0 Å². The molecule has 4 heterocycles. The third kappa shape index (κ3) is 4.17. The van der Waals surface area contributed by atoms with E-state index in [0.29, 0.717) is 24.3 Å². The Labute approximate surface area is 217 Å². The van der Waals surface area contributed by atoms with Crippen molar-refractivity contribution in [1.29, 1.82) is 0 Å². The Morgan fingerprint density at radius 1 is 1.14 bits per heavy atom. The van der Waals surface area contributed by atoms with E-state index < -0.39 is 0 Å². The van der Waals surface area contributed by atoms with E-state index in [4.69, 9.17) is 0 Å². The normalized spacial score (nSPS) is 18.4. The zero-order valence-corrected chi connectivity index (χ0v) is 21.7. The molecule has 190 valence electrons. The lowest BCUT2D eigenvalue weighted by Gasteiger charge is -2.40. The van der Waals surface area contributed by atoms with Crippen LogP contribution in [0.4, 0.5) is 17.2 Å². The second-order valence-corrected chi connectivity index (χ2v) is 10.6. The van der Waals surface area contributed by atoms with Crippen molar-refractivity contribution in [3.05, 3.63) is 71.7 Å². The van der Waals surface area contributed by atoms with Crippen molar-refractivity contribution < 1.29 is 9.90 Å². The molecule has 3 aromatic heterocycles. The quantitative estimate of drug-likeness (QED) is 0.334. The number of ketones is 1. The highest BCUT2D eigenvalue weighted by molar-refractivity contribution is 6.03. The van der Waals surface area contributed by atoms with Crippen LogP contribution in [0, 0.1) is 6.92 Å². The first kappa shape index (κ1) is 23.7. The van der Waals surface area contributed by atoms with Crippen molar-refractivity contribution in [2.75, 3.05) is 16.8 Å². The Morgan fingerprint density at radius 3 is 2.68 bits per heavy atom. The van der Waals surface area contributed by atoms with Crippen molar-refractivity contribution in [2.45, 2.75) is 64.5 Å². The highest BCUT2D eigenvalue weighted by Crippen LogP contribution is 2.50. The SMILES string of the molecule is CCc1c(-c2cnc3cc(C)ccn23)ccc(Nc2ccc(N3CC(O)CCC34CC4)cn2)c1C(C)=O. The van der Waals surface area contributed by atoms with E-state index in [2.05, 4.69) is 62.7 Å². The van der Waals surface area contributed by atoms with Gasteiger partial charge in [0.2, 0.25) is 0 Å². The van der Waals surface area contributed by atoms with Crippen LogP contribution < -0.4 is 10.2 Å². The van der Waals surface area contributed by atoms with Gasteiger partial charge in [-0.3, -0.25) is 9.20 Å². The van der Waals surface area contributed by atoms with Gasteiger partial charge in [0.1, 0.15) is 11.5 Å². The highest BCUT2D eigenvalue weighted by atomic mass is 16.3. The maximum Gasteiger partial charge on any atom is 0.162 e. The number of imidazole rings is 1. The van der Waals surface area contributed by atoms with E-state index in [1.165, 1.54) is 12.8 Å². The van der Waals surface area contributed by atoms with E-state index in [0.717, 1.165) is 52.2 Å².